The zero-order valence-electron chi connectivity index (χ0n) is 13.0. The summed E-state index contributed by atoms with van der Waals surface area (Å²) in [4.78, 5) is 14.5. The minimum absolute atomic E-state index is 0.0821. The van der Waals surface area contributed by atoms with Crippen LogP contribution in [-0.2, 0) is 11.3 Å². The molecule has 0 aromatic heterocycles. The van der Waals surface area contributed by atoms with Crippen LogP contribution in [0.4, 0.5) is 10.5 Å². The molecule has 1 aliphatic carbocycles. The zero-order valence-corrected chi connectivity index (χ0v) is 13.0. The first-order valence-corrected chi connectivity index (χ1v) is 8.27. The van der Waals surface area contributed by atoms with E-state index >= 15 is 0 Å². The molecule has 1 aromatic carbocycles. The number of carbonyl (C=O) groups excluding carboxylic acids is 1. The van der Waals surface area contributed by atoms with Gasteiger partial charge in [0.05, 0.1) is 13.2 Å². The van der Waals surface area contributed by atoms with Crippen molar-refractivity contribution < 1.29 is 9.53 Å². The third-order valence-corrected chi connectivity index (χ3v) is 4.45. The first kappa shape index (κ1) is 15.3. The highest BCUT2D eigenvalue weighted by molar-refractivity contribution is 5.90. The Morgan fingerprint density at radius 1 is 1.18 bits per heavy atom. The number of rotatable bonds is 4. The van der Waals surface area contributed by atoms with Crippen LogP contribution in [0.25, 0.3) is 0 Å². The Bertz CT molecular complexity index is 494. The number of nitrogens with zero attached hydrogens (tertiary/aromatic N) is 1. The van der Waals surface area contributed by atoms with Gasteiger partial charge in [0.15, 0.2) is 0 Å². The van der Waals surface area contributed by atoms with Gasteiger partial charge in [0.2, 0.25) is 0 Å². The van der Waals surface area contributed by atoms with Gasteiger partial charge in [-0.1, -0.05) is 31.0 Å². The summed E-state index contributed by atoms with van der Waals surface area (Å²) in [5.74, 6) is 0. The molecule has 3 rings (SSSR count). The van der Waals surface area contributed by atoms with Crippen LogP contribution in [0.5, 0.6) is 0 Å². The molecule has 2 aliphatic rings. The molecule has 0 spiro atoms. The van der Waals surface area contributed by atoms with E-state index < -0.39 is 0 Å². The van der Waals surface area contributed by atoms with Crippen molar-refractivity contribution in [2.45, 2.75) is 38.3 Å². The number of amides is 2. The molecule has 1 aromatic rings. The van der Waals surface area contributed by atoms with Crippen LogP contribution >= 0.6 is 0 Å². The quantitative estimate of drug-likeness (QED) is 0.899. The number of hydrogen-bond acceptors (Lipinski definition) is 3. The Hall–Kier alpha value is -1.59. The predicted octanol–water partition coefficient (Wildman–Crippen LogP) is 2.58. The maximum atomic E-state index is 12.2. The number of carbonyl (C=O) groups is 1. The Morgan fingerprint density at radius 2 is 1.91 bits per heavy atom. The van der Waals surface area contributed by atoms with Crippen molar-refractivity contribution in [2.24, 2.45) is 0 Å². The summed E-state index contributed by atoms with van der Waals surface area (Å²) in [5.41, 5.74) is 2.07. The Labute approximate surface area is 132 Å². The van der Waals surface area contributed by atoms with Crippen LogP contribution in [0.15, 0.2) is 24.3 Å². The minimum atomic E-state index is -0.0821. The van der Waals surface area contributed by atoms with E-state index in [1.54, 1.807) is 0 Å². The minimum Gasteiger partial charge on any atom is -0.379 e. The van der Waals surface area contributed by atoms with Crippen molar-refractivity contribution in [3.8, 4) is 0 Å². The predicted molar refractivity (Wildman–Crippen MR) is 86.9 cm³/mol. The van der Waals surface area contributed by atoms with E-state index in [1.807, 2.05) is 18.2 Å². The summed E-state index contributed by atoms with van der Waals surface area (Å²) < 4.78 is 5.39. The van der Waals surface area contributed by atoms with Crippen molar-refractivity contribution in [1.29, 1.82) is 0 Å². The van der Waals surface area contributed by atoms with Crippen LogP contribution in [0.3, 0.4) is 0 Å². The summed E-state index contributed by atoms with van der Waals surface area (Å²) in [7, 11) is 0. The number of morpholine rings is 1. The Kier molecular flexibility index (Phi) is 5.29. The number of anilines is 1. The molecule has 1 saturated heterocycles. The van der Waals surface area contributed by atoms with E-state index in [-0.39, 0.29) is 6.03 Å². The van der Waals surface area contributed by atoms with Gasteiger partial charge >= 0.3 is 6.03 Å². The molecular weight excluding hydrogens is 278 g/mol. The summed E-state index contributed by atoms with van der Waals surface area (Å²) in [5, 5.41) is 6.09. The molecule has 1 aliphatic heterocycles. The molecule has 0 bridgehead atoms. The second-order valence-electron chi connectivity index (χ2n) is 6.13. The molecule has 0 unspecified atom stereocenters. The number of para-hydroxylation sites is 1. The number of nitrogens with one attached hydrogen (secondary N) is 2. The topological polar surface area (TPSA) is 53.6 Å². The largest absolute Gasteiger partial charge is 0.379 e. The molecule has 1 saturated carbocycles. The fourth-order valence-electron chi connectivity index (χ4n) is 3.19. The van der Waals surface area contributed by atoms with Gasteiger partial charge in [-0.2, -0.15) is 0 Å². The highest BCUT2D eigenvalue weighted by Crippen LogP contribution is 2.20. The fourth-order valence-corrected chi connectivity index (χ4v) is 3.19. The van der Waals surface area contributed by atoms with Gasteiger partial charge in [0.25, 0.3) is 0 Å². The van der Waals surface area contributed by atoms with E-state index in [4.69, 9.17) is 4.74 Å². The van der Waals surface area contributed by atoms with Crippen LogP contribution in [0.1, 0.15) is 31.2 Å². The molecule has 5 nitrogen and oxygen atoms in total. The van der Waals surface area contributed by atoms with Crippen molar-refractivity contribution in [3.05, 3.63) is 29.8 Å². The number of urea groups is 1. The molecule has 5 heteroatoms. The molecule has 2 amide bonds. The van der Waals surface area contributed by atoms with Crippen LogP contribution < -0.4 is 10.6 Å². The van der Waals surface area contributed by atoms with E-state index in [0.29, 0.717) is 6.04 Å². The maximum absolute atomic E-state index is 12.2. The molecule has 0 radical (unpaired) electrons. The third kappa shape index (κ3) is 4.21. The van der Waals surface area contributed by atoms with Crippen LogP contribution in [0, 0.1) is 0 Å². The second kappa shape index (κ2) is 7.61. The first-order valence-electron chi connectivity index (χ1n) is 8.27. The van der Waals surface area contributed by atoms with E-state index in [0.717, 1.165) is 56.9 Å². The van der Waals surface area contributed by atoms with Crippen LogP contribution in [0.2, 0.25) is 0 Å². The summed E-state index contributed by atoms with van der Waals surface area (Å²) in [6.07, 6.45) is 4.64. The Morgan fingerprint density at radius 3 is 2.68 bits per heavy atom. The molecule has 22 heavy (non-hydrogen) atoms. The lowest BCUT2D eigenvalue weighted by molar-refractivity contribution is 0.0343. The van der Waals surface area contributed by atoms with Crippen molar-refractivity contribution in [3.63, 3.8) is 0 Å². The molecular formula is C17H25N3O2. The standard InChI is InChI=1S/C17H25N3O2/c21-17(18-15-6-2-3-7-15)19-16-8-4-1-5-14(16)13-20-9-11-22-12-10-20/h1,4-5,8,15H,2-3,6-7,9-13H2,(H2,18,19,21). The average Bonchev–Trinajstić information content (AvgIpc) is 3.03. The normalized spacial score (nSPS) is 20.0. The molecule has 2 N–H and O–H groups in total. The average molecular weight is 303 g/mol. The zero-order chi connectivity index (χ0) is 15.2. The Balaban J connectivity index is 1.58. The van der Waals surface area contributed by atoms with Gasteiger partial charge in [-0.3, -0.25) is 4.90 Å². The summed E-state index contributed by atoms with van der Waals surface area (Å²) in [6.45, 7) is 4.32. The van der Waals surface area contributed by atoms with Gasteiger partial charge in [0, 0.05) is 31.4 Å². The monoisotopic (exact) mass is 303 g/mol. The SMILES string of the molecule is O=C(Nc1ccccc1CN1CCOCC1)NC1CCCC1. The van der Waals surface area contributed by atoms with Crippen molar-refractivity contribution in [1.82, 2.24) is 10.2 Å². The van der Waals surface area contributed by atoms with Crippen molar-refractivity contribution >= 4 is 11.7 Å². The third-order valence-electron chi connectivity index (χ3n) is 4.45. The lowest BCUT2D eigenvalue weighted by Crippen LogP contribution is -2.37. The highest BCUT2D eigenvalue weighted by Gasteiger charge is 2.18. The molecule has 0 atom stereocenters. The van der Waals surface area contributed by atoms with Gasteiger partial charge in [-0.25, -0.2) is 4.79 Å². The smallest absolute Gasteiger partial charge is 0.319 e. The molecule has 120 valence electrons. The van der Waals surface area contributed by atoms with E-state index in [1.165, 1.54) is 12.8 Å². The highest BCUT2D eigenvalue weighted by atomic mass is 16.5. The number of benzene rings is 1. The van der Waals surface area contributed by atoms with Gasteiger partial charge in [-0.05, 0) is 24.5 Å². The second-order valence-corrected chi connectivity index (χ2v) is 6.13. The van der Waals surface area contributed by atoms with Crippen molar-refractivity contribution in [2.75, 3.05) is 31.6 Å². The number of ether oxygens (including phenoxy) is 1. The first-order chi connectivity index (χ1) is 10.8. The van der Waals surface area contributed by atoms with E-state index in [2.05, 4.69) is 21.6 Å². The molecule has 1 heterocycles. The summed E-state index contributed by atoms with van der Waals surface area (Å²) >= 11 is 0. The number of hydrogen-bond donors (Lipinski definition) is 2. The lowest BCUT2D eigenvalue weighted by Gasteiger charge is -2.27. The fraction of sp³-hybridized carbons (Fsp3) is 0.588. The van der Waals surface area contributed by atoms with Gasteiger partial charge < -0.3 is 15.4 Å². The maximum Gasteiger partial charge on any atom is 0.319 e. The van der Waals surface area contributed by atoms with Gasteiger partial charge in [-0.15, -0.1) is 0 Å². The lowest BCUT2D eigenvalue weighted by atomic mass is 10.1. The van der Waals surface area contributed by atoms with E-state index in [9.17, 15) is 4.79 Å². The summed E-state index contributed by atoms with van der Waals surface area (Å²) in [6, 6.07) is 8.31. The molecule has 2 fully saturated rings. The van der Waals surface area contributed by atoms with Crippen LogP contribution in [-0.4, -0.2) is 43.3 Å². The van der Waals surface area contributed by atoms with Gasteiger partial charge in [0.1, 0.15) is 0 Å².